The van der Waals surface area contributed by atoms with E-state index in [1.165, 1.54) is 25.9 Å². The van der Waals surface area contributed by atoms with Crippen molar-refractivity contribution < 1.29 is 4.79 Å². The number of benzene rings is 1. The van der Waals surface area contributed by atoms with Crippen molar-refractivity contribution in [2.24, 2.45) is 5.92 Å². The number of piperidine rings is 1. The van der Waals surface area contributed by atoms with Crippen LogP contribution in [0.2, 0.25) is 0 Å². The second-order valence-electron chi connectivity index (χ2n) is 5.53. The normalized spacial score (nSPS) is 17.1. The summed E-state index contributed by atoms with van der Waals surface area (Å²) in [6, 6.07) is 5.29. The Hall–Kier alpha value is -1.07. The molecular weight excluding hydrogens is 318 g/mol. The Labute approximate surface area is 128 Å². The van der Waals surface area contributed by atoms with Gasteiger partial charge in [0, 0.05) is 22.3 Å². The van der Waals surface area contributed by atoms with Gasteiger partial charge in [0.1, 0.15) is 0 Å². The van der Waals surface area contributed by atoms with Crippen LogP contribution < -0.4 is 11.1 Å². The van der Waals surface area contributed by atoms with Crippen molar-refractivity contribution in [1.82, 2.24) is 10.2 Å². The summed E-state index contributed by atoms with van der Waals surface area (Å²) in [6.45, 7) is 3.08. The zero-order chi connectivity index (χ0) is 14.5. The van der Waals surface area contributed by atoms with Crippen LogP contribution in [-0.2, 0) is 0 Å². The third-order valence-electron chi connectivity index (χ3n) is 3.93. The van der Waals surface area contributed by atoms with Gasteiger partial charge in [-0.25, -0.2) is 0 Å². The number of halogens is 1. The molecular formula is C15H22BrN3O. The molecule has 2 rings (SSSR count). The lowest BCUT2D eigenvalue weighted by Crippen LogP contribution is -2.32. The summed E-state index contributed by atoms with van der Waals surface area (Å²) in [4.78, 5) is 14.4. The molecule has 1 heterocycles. The Morgan fingerprint density at radius 1 is 1.45 bits per heavy atom. The van der Waals surface area contributed by atoms with Crippen molar-refractivity contribution in [3.05, 3.63) is 28.2 Å². The third kappa shape index (κ3) is 4.21. The minimum atomic E-state index is -0.0443. The fourth-order valence-corrected chi connectivity index (χ4v) is 2.77. The second kappa shape index (κ2) is 7.09. The van der Waals surface area contributed by atoms with E-state index >= 15 is 0 Å². The minimum absolute atomic E-state index is 0.0443. The van der Waals surface area contributed by atoms with Gasteiger partial charge < -0.3 is 16.0 Å². The second-order valence-corrected chi connectivity index (χ2v) is 6.38. The van der Waals surface area contributed by atoms with E-state index in [2.05, 4.69) is 33.2 Å². The van der Waals surface area contributed by atoms with Gasteiger partial charge in [0.05, 0.1) is 0 Å². The first-order valence-corrected chi connectivity index (χ1v) is 7.87. The van der Waals surface area contributed by atoms with E-state index in [-0.39, 0.29) is 5.91 Å². The molecule has 1 aliphatic rings. The van der Waals surface area contributed by atoms with E-state index in [9.17, 15) is 4.79 Å². The SMILES string of the molecule is CN1CCC(CCNC(=O)c2ccc(Br)c(N)c2)CC1. The van der Waals surface area contributed by atoms with Gasteiger partial charge in [-0.05, 0) is 79.4 Å². The fraction of sp³-hybridized carbons (Fsp3) is 0.533. The van der Waals surface area contributed by atoms with Gasteiger partial charge in [0.15, 0.2) is 0 Å². The highest BCUT2D eigenvalue weighted by atomic mass is 79.9. The number of hydrogen-bond acceptors (Lipinski definition) is 3. The van der Waals surface area contributed by atoms with E-state index < -0.39 is 0 Å². The predicted octanol–water partition coefficient (Wildman–Crippen LogP) is 2.49. The van der Waals surface area contributed by atoms with E-state index in [0.717, 1.165) is 23.4 Å². The number of nitrogens with zero attached hydrogens (tertiary/aromatic N) is 1. The number of nitrogens with one attached hydrogen (secondary N) is 1. The molecule has 1 saturated heterocycles. The van der Waals surface area contributed by atoms with Gasteiger partial charge in [0.25, 0.3) is 5.91 Å². The van der Waals surface area contributed by atoms with Gasteiger partial charge in [-0.3, -0.25) is 4.79 Å². The Balaban J connectivity index is 1.76. The minimum Gasteiger partial charge on any atom is -0.398 e. The molecule has 0 saturated carbocycles. The maximum atomic E-state index is 12.0. The lowest BCUT2D eigenvalue weighted by molar-refractivity contribution is 0.0949. The van der Waals surface area contributed by atoms with Crippen molar-refractivity contribution >= 4 is 27.5 Å². The average molecular weight is 340 g/mol. The Morgan fingerprint density at radius 2 is 2.15 bits per heavy atom. The topological polar surface area (TPSA) is 58.4 Å². The van der Waals surface area contributed by atoms with Crippen molar-refractivity contribution in [2.45, 2.75) is 19.3 Å². The van der Waals surface area contributed by atoms with Crippen molar-refractivity contribution in [2.75, 3.05) is 32.4 Å². The Morgan fingerprint density at radius 3 is 2.80 bits per heavy atom. The number of nitrogen functional groups attached to an aromatic ring is 1. The molecule has 1 aromatic carbocycles. The van der Waals surface area contributed by atoms with Gasteiger partial charge in [-0.1, -0.05) is 0 Å². The van der Waals surface area contributed by atoms with Crippen LogP contribution in [0, 0.1) is 5.92 Å². The monoisotopic (exact) mass is 339 g/mol. The molecule has 5 heteroatoms. The standard InChI is InChI=1S/C15H22BrN3O/c1-19-8-5-11(6-9-19)4-7-18-15(20)12-2-3-13(16)14(17)10-12/h2-3,10-11H,4-9,17H2,1H3,(H,18,20). The molecule has 0 atom stereocenters. The summed E-state index contributed by atoms with van der Waals surface area (Å²) >= 11 is 3.33. The molecule has 1 amide bonds. The van der Waals surface area contributed by atoms with E-state index in [4.69, 9.17) is 5.73 Å². The number of carbonyl (C=O) groups excluding carboxylic acids is 1. The number of carbonyl (C=O) groups is 1. The van der Waals surface area contributed by atoms with E-state index in [1.807, 2.05) is 0 Å². The number of nitrogens with two attached hydrogens (primary N) is 1. The summed E-state index contributed by atoms with van der Waals surface area (Å²) in [6.07, 6.45) is 3.53. The lowest BCUT2D eigenvalue weighted by Gasteiger charge is -2.28. The van der Waals surface area contributed by atoms with E-state index in [1.54, 1.807) is 18.2 Å². The molecule has 3 N–H and O–H groups in total. The van der Waals surface area contributed by atoms with Crippen molar-refractivity contribution in [1.29, 1.82) is 0 Å². The molecule has 1 fully saturated rings. The smallest absolute Gasteiger partial charge is 0.251 e. The zero-order valence-electron chi connectivity index (χ0n) is 11.9. The summed E-state index contributed by atoms with van der Waals surface area (Å²) in [5.41, 5.74) is 7.00. The molecule has 1 aromatic rings. The molecule has 110 valence electrons. The van der Waals surface area contributed by atoms with Gasteiger partial charge in [0.2, 0.25) is 0 Å². The van der Waals surface area contributed by atoms with Crippen molar-refractivity contribution in [3.8, 4) is 0 Å². The molecule has 1 aliphatic heterocycles. The summed E-state index contributed by atoms with van der Waals surface area (Å²) in [7, 11) is 2.16. The Kier molecular flexibility index (Phi) is 5.43. The summed E-state index contributed by atoms with van der Waals surface area (Å²) < 4.78 is 0.820. The van der Waals surface area contributed by atoms with Crippen LogP contribution in [-0.4, -0.2) is 37.5 Å². The number of amides is 1. The van der Waals surface area contributed by atoms with Crippen LogP contribution in [0.4, 0.5) is 5.69 Å². The fourth-order valence-electron chi connectivity index (χ4n) is 2.53. The predicted molar refractivity (Wildman–Crippen MR) is 85.7 cm³/mol. The van der Waals surface area contributed by atoms with Crippen molar-refractivity contribution in [3.63, 3.8) is 0 Å². The third-order valence-corrected chi connectivity index (χ3v) is 4.66. The molecule has 0 radical (unpaired) electrons. The molecule has 0 aliphatic carbocycles. The largest absolute Gasteiger partial charge is 0.398 e. The first-order chi connectivity index (χ1) is 9.56. The Bertz CT molecular complexity index is 470. The quantitative estimate of drug-likeness (QED) is 0.828. The first kappa shape index (κ1) is 15.3. The molecule has 0 aromatic heterocycles. The van der Waals surface area contributed by atoms with E-state index in [0.29, 0.717) is 11.3 Å². The van der Waals surface area contributed by atoms with Crippen LogP contribution in [0.3, 0.4) is 0 Å². The van der Waals surface area contributed by atoms with Gasteiger partial charge in [-0.15, -0.1) is 0 Å². The molecule has 0 bridgehead atoms. The number of likely N-dealkylation sites (tertiary alicyclic amines) is 1. The van der Waals surface area contributed by atoms with Crippen LogP contribution >= 0.6 is 15.9 Å². The number of hydrogen-bond donors (Lipinski definition) is 2. The highest BCUT2D eigenvalue weighted by molar-refractivity contribution is 9.10. The molecule has 0 unspecified atom stereocenters. The lowest BCUT2D eigenvalue weighted by atomic mass is 9.94. The molecule has 0 spiro atoms. The highest BCUT2D eigenvalue weighted by Gasteiger charge is 2.16. The maximum absolute atomic E-state index is 12.0. The maximum Gasteiger partial charge on any atom is 0.251 e. The molecule has 4 nitrogen and oxygen atoms in total. The summed E-state index contributed by atoms with van der Waals surface area (Å²) in [5, 5.41) is 2.98. The van der Waals surface area contributed by atoms with Gasteiger partial charge >= 0.3 is 0 Å². The van der Waals surface area contributed by atoms with Crippen LogP contribution in [0.1, 0.15) is 29.6 Å². The number of anilines is 1. The van der Waals surface area contributed by atoms with Crippen LogP contribution in [0.15, 0.2) is 22.7 Å². The summed E-state index contributed by atoms with van der Waals surface area (Å²) in [5.74, 6) is 0.693. The van der Waals surface area contributed by atoms with Crippen LogP contribution in [0.5, 0.6) is 0 Å². The highest BCUT2D eigenvalue weighted by Crippen LogP contribution is 2.21. The zero-order valence-corrected chi connectivity index (χ0v) is 13.4. The van der Waals surface area contributed by atoms with Gasteiger partial charge in [-0.2, -0.15) is 0 Å². The van der Waals surface area contributed by atoms with Crippen LogP contribution in [0.25, 0.3) is 0 Å². The molecule has 20 heavy (non-hydrogen) atoms. The first-order valence-electron chi connectivity index (χ1n) is 7.08. The number of rotatable bonds is 4. The average Bonchev–Trinajstić information content (AvgIpc) is 2.44.